The van der Waals surface area contributed by atoms with Crippen LogP contribution < -0.4 is 20.2 Å². The van der Waals surface area contributed by atoms with Crippen molar-refractivity contribution >= 4 is 23.6 Å². The third-order valence-corrected chi connectivity index (χ3v) is 4.63. The van der Waals surface area contributed by atoms with Crippen LogP contribution >= 0.6 is 0 Å². The Balaban J connectivity index is 1.94. The second-order valence-electron chi connectivity index (χ2n) is 6.84. The Morgan fingerprint density at radius 3 is 2.39 bits per heavy atom. The van der Waals surface area contributed by atoms with Gasteiger partial charge in [0.15, 0.2) is 0 Å². The van der Waals surface area contributed by atoms with Gasteiger partial charge in [0.05, 0.1) is 25.6 Å². The third kappa shape index (κ3) is 6.27. The SMILES string of the molecule is COc1ccc(OC)c(C=C(NC(=O)c2ccccc2)C(=O)NN=C(C)c2ccccn2)c1. The minimum atomic E-state index is -0.612. The van der Waals surface area contributed by atoms with Gasteiger partial charge in [-0.2, -0.15) is 5.10 Å². The summed E-state index contributed by atoms with van der Waals surface area (Å²) in [6.07, 6.45) is 3.14. The zero-order valence-electron chi connectivity index (χ0n) is 18.5. The number of nitrogens with one attached hydrogen (secondary N) is 2. The molecule has 0 fully saturated rings. The molecular formula is C25H24N4O4. The van der Waals surface area contributed by atoms with E-state index in [1.165, 1.54) is 20.3 Å². The first-order valence-electron chi connectivity index (χ1n) is 10.1. The highest BCUT2D eigenvalue weighted by molar-refractivity contribution is 6.06. The Bertz CT molecular complexity index is 1180. The van der Waals surface area contributed by atoms with Gasteiger partial charge in [0.2, 0.25) is 0 Å². The standard InChI is InChI=1S/C25H24N4O4/c1-17(21-11-7-8-14-26-21)28-29-25(31)22(27-24(30)18-9-5-4-6-10-18)16-19-15-20(32-2)12-13-23(19)33-3/h4-16H,1-3H3,(H,27,30)(H,29,31). The first kappa shape index (κ1) is 23.2. The number of ether oxygens (including phenoxy) is 2. The molecule has 2 aromatic carbocycles. The first-order chi connectivity index (χ1) is 16.0. The fourth-order valence-corrected chi connectivity index (χ4v) is 2.88. The largest absolute Gasteiger partial charge is 0.497 e. The zero-order valence-corrected chi connectivity index (χ0v) is 18.5. The van der Waals surface area contributed by atoms with Crippen molar-refractivity contribution in [2.45, 2.75) is 6.92 Å². The number of pyridine rings is 1. The molecule has 2 amide bonds. The number of hydrogen-bond acceptors (Lipinski definition) is 6. The summed E-state index contributed by atoms with van der Waals surface area (Å²) in [5, 5.41) is 6.78. The maximum absolute atomic E-state index is 13.0. The second kappa shape index (κ2) is 11.2. The molecule has 0 unspecified atom stereocenters. The topological polar surface area (TPSA) is 102 Å². The van der Waals surface area contributed by atoms with E-state index in [0.717, 1.165) is 0 Å². The molecule has 3 aromatic rings. The summed E-state index contributed by atoms with van der Waals surface area (Å²) in [7, 11) is 3.05. The minimum absolute atomic E-state index is 0.0204. The van der Waals surface area contributed by atoms with Gasteiger partial charge in [-0.1, -0.05) is 24.3 Å². The van der Waals surface area contributed by atoms with Crippen molar-refractivity contribution < 1.29 is 19.1 Å². The van der Waals surface area contributed by atoms with Gasteiger partial charge in [0.1, 0.15) is 17.2 Å². The van der Waals surface area contributed by atoms with Gasteiger partial charge >= 0.3 is 0 Å². The van der Waals surface area contributed by atoms with Crippen molar-refractivity contribution in [3.63, 3.8) is 0 Å². The average molecular weight is 444 g/mol. The fourth-order valence-electron chi connectivity index (χ4n) is 2.88. The normalized spacial score (nSPS) is 11.5. The molecule has 0 aliphatic rings. The molecule has 0 aliphatic carbocycles. The van der Waals surface area contributed by atoms with Crippen molar-refractivity contribution in [1.82, 2.24) is 15.7 Å². The first-order valence-corrected chi connectivity index (χ1v) is 10.1. The Morgan fingerprint density at radius 1 is 0.970 bits per heavy atom. The van der Waals surface area contributed by atoms with E-state index in [-0.39, 0.29) is 5.70 Å². The summed E-state index contributed by atoms with van der Waals surface area (Å²) in [4.78, 5) is 30.0. The van der Waals surface area contributed by atoms with Crippen molar-refractivity contribution in [2.75, 3.05) is 14.2 Å². The van der Waals surface area contributed by atoms with Gasteiger partial charge in [0, 0.05) is 17.3 Å². The molecule has 1 aromatic heterocycles. The second-order valence-corrected chi connectivity index (χ2v) is 6.84. The lowest BCUT2D eigenvalue weighted by Crippen LogP contribution is -2.33. The molecule has 0 saturated heterocycles. The number of rotatable bonds is 8. The summed E-state index contributed by atoms with van der Waals surface area (Å²) in [5.41, 5.74) is 4.53. The van der Waals surface area contributed by atoms with Gasteiger partial charge in [-0.15, -0.1) is 0 Å². The van der Waals surface area contributed by atoms with Crippen LogP contribution in [0, 0.1) is 0 Å². The lowest BCUT2D eigenvalue weighted by Gasteiger charge is -2.12. The molecule has 0 aliphatic heterocycles. The van der Waals surface area contributed by atoms with E-state index in [9.17, 15) is 9.59 Å². The molecule has 0 saturated carbocycles. The van der Waals surface area contributed by atoms with E-state index in [1.807, 2.05) is 6.07 Å². The smallest absolute Gasteiger partial charge is 0.287 e. The molecule has 8 heteroatoms. The van der Waals surface area contributed by atoms with Crippen LogP contribution in [-0.2, 0) is 4.79 Å². The van der Waals surface area contributed by atoms with E-state index in [2.05, 4.69) is 20.8 Å². The number of nitrogens with zero attached hydrogens (tertiary/aromatic N) is 2. The highest BCUT2D eigenvalue weighted by Gasteiger charge is 2.16. The Hall–Kier alpha value is -4.46. The number of hydrazone groups is 1. The molecule has 0 radical (unpaired) electrons. The van der Waals surface area contributed by atoms with Gasteiger partial charge < -0.3 is 14.8 Å². The highest BCUT2D eigenvalue weighted by Crippen LogP contribution is 2.26. The molecule has 1 heterocycles. The van der Waals surface area contributed by atoms with E-state index in [4.69, 9.17) is 9.47 Å². The summed E-state index contributed by atoms with van der Waals surface area (Å²) in [5.74, 6) is 0.0205. The van der Waals surface area contributed by atoms with E-state index < -0.39 is 11.8 Å². The van der Waals surface area contributed by atoms with Crippen molar-refractivity contribution in [1.29, 1.82) is 0 Å². The number of aromatic nitrogens is 1. The van der Waals surface area contributed by atoms with Gasteiger partial charge in [0.25, 0.3) is 11.8 Å². The van der Waals surface area contributed by atoms with Gasteiger partial charge in [-0.05, 0) is 55.5 Å². The number of amides is 2. The highest BCUT2D eigenvalue weighted by atomic mass is 16.5. The number of benzene rings is 2. The maximum Gasteiger partial charge on any atom is 0.287 e. The number of hydrogen-bond donors (Lipinski definition) is 2. The molecule has 168 valence electrons. The van der Waals surface area contributed by atoms with Crippen LogP contribution in [0.1, 0.15) is 28.5 Å². The molecule has 0 bridgehead atoms. The Morgan fingerprint density at radius 2 is 1.73 bits per heavy atom. The summed E-state index contributed by atoms with van der Waals surface area (Å²) < 4.78 is 10.7. The van der Waals surface area contributed by atoms with Crippen LogP contribution in [0.3, 0.4) is 0 Å². The molecule has 33 heavy (non-hydrogen) atoms. The lowest BCUT2D eigenvalue weighted by atomic mass is 10.1. The van der Waals surface area contributed by atoms with E-state index in [0.29, 0.717) is 34.0 Å². The van der Waals surface area contributed by atoms with E-state index >= 15 is 0 Å². The van der Waals surface area contributed by atoms with Crippen LogP contribution in [0.5, 0.6) is 11.5 Å². The van der Waals surface area contributed by atoms with Crippen LogP contribution in [0.15, 0.2) is 83.7 Å². The summed E-state index contributed by atoms with van der Waals surface area (Å²) >= 11 is 0. The number of carbonyl (C=O) groups is 2. The van der Waals surface area contributed by atoms with E-state index in [1.54, 1.807) is 73.8 Å². The Kier molecular flexibility index (Phi) is 7.91. The molecule has 0 atom stereocenters. The van der Waals surface area contributed by atoms with Gasteiger partial charge in [-0.3, -0.25) is 14.6 Å². The fraction of sp³-hybridized carbons (Fsp3) is 0.120. The quantitative estimate of drug-likeness (QED) is 0.315. The van der Waals surface area contributed by atoms with Crippen LogP contribution in [0.25, 0.3) is 6.08 Å². The summed E-state index contributed by atoms with van der Waals surface area (Å²) in [6, 6.07) is 19.1. The van der Waals surface area contributed by atoms with Crippen molar-refractivity contribution in [2.24, 2.45) is 5.10 Å². The monoisotopic (exact) mass is 444 g/mol. The molecule has 3 rings (SSSR count). The molecule has 0 spiro atoms. The Labute approximate surface area is 192 Å². The number of methoxy groups -OCH3 is 2. The van der Waals surface area contributed by atoms with Crippen LogP contribution in [0.4, 0.5) is 0 Å². The van der Waals surface area contributed by atoms with Crippen LogP contribution in [-0.4, -0.2) is 36.7 Å². The maximum atomic E-state index is 13.0. The predicted octanol–water partition coefficient (Wildman–Crippen LogP) is 3.41. The van der Waals surface area contributed by atoms with Crippen molar-refractivity contribution in [3.8, 4) is 11.5 Å². The predicted molar refractivity (Wildman–Crippen MR) is 126 cm³/mol. The summed E-state index contributed by atoms with van der Waals surface area (Å²) in [6.45, 7) is 1.72. The number of carbonyl (C=O) groups excluding carboxylic acids is 2. The van der Waals surface area contributed by atoms with Crippen LogP contribution in [0.2, 0.25) is 0 Å². The molecule has 8 nitrogen and oxygen atoms in total. The van der Waals surface area contributed by atoms with Crippen molar-refractivity contribution in [3.05, 3.63) is 95.4 Å². The molecule has 2 N–H and O–H groups in total. The third-order valence-electron chi connectivity index (χ3n) is 4.63. The van der Waals surface area contributed by atoms with Gasteiger partial charge in [-0.25, -0.2) is 5.43 Å². The lowest BCUT2D eigenvalue weighted by molar-refractivity contribution is -0.117. The minimum Gasteiger partial charge on any atom is -0.497 e. The zero-order chi connectivity index (χ0) is 23.6. The molecular weight excluding hydrogens is 420 g/mol. The average Bonchev–Trinajstić information content (AvgIpc) is 2.87.